The molecule has 9 rings (SSSR count). The van der Waals surface area contributed by atoms with Gasteiger partial charge >= 0.3 is 0 Å². The quantitative estimate of drug-likeness (QED) is 0.120. The van der Waals surface area contributed by atoms with Crippen LogP contribution in [0.4, 0.5) is 68.9 Å². The van der Waals surface area contributed by atoms with Gasteiger partial charge in [-0.05, 0) is 143 Å². The van der Waals surface area contributed by atoms with Crippen molar-refractivity contribution in [3.8, 4) is 0 Å². The van der Waals surface area contributed by atoms with Gasteiger partial charge in [0.25, 0.3) is 0 Å². The molecule has 9 aromatic rings. The summed E-state index contributed by atoms with van der Waals surface area (Å²) in [6.45, 7) is 12.7. The Morgan fingerprint density at radius 3 is 1.23 bits per heavy atom. The maximum atomic E-state index is 5.71. The molecule has 0 spiro atoms. The lowest BCUT2D eigenvalue weighted by Gasteiger charge is -2.33. The molecule has 0 radical (unpaired) electrons. The second-order valence-corrected chi connectivity index (χ2v) is 15.8. The first kappa shape index (κ1) is 41.2. The van der Waals surface area contributed by atoms with E-state index in [1.54, 1.807) is 0 Å². The largest absolute Gasteiger partial charge is 0.310 e. The molecule has 0 aliphatic carbocycles. The van der Waals surface area contributed by atoms with Crippen LogP contribution in [-0.2, 0) is 0 Å². The number of aryl methyl sites for hydroxylation is 4. The summed E-state index contributed by atoms with van der Waals surface area (Å²) in [7, 11) is 0. The van der Waals surface area contributed by atoms with Crippen molar-refractivity contribution < 1.29 is 0 Å². The summed E-state index contributed by atoms with van der Waals surface area (Å²) in [5.41, 5.74) is 12.9. The fourth-order valence-electron chi connectivity index (χ4n) is 8.36. The molecular formula is C55H49N9. The maximum Gasteiger partial charge on any atom is 0.144 e. The van der Waals surface area contributed by atoms with Crippen molar-refractivity contribution >= 4 is 68.9 Å². The van der Waals surface area contributed by atoms with Crippen LogP contribution in [0.25, 0.3) is 0 Å². The predicted octanol–water partition coefficient (Wildman–Crippen LogP) is 14.4. The average Bonchev–Trinajstić information content (AvgIpc) is 3.32. The fraction of sp³-hybridized carbons (Fsp3) is 0.109. The standard InChI is InChI=1S/C55H49N9/c1-38-20-19-32-57-51(38)63(46-25-15-9-16-26-46)54-43(6)50(31-35-58-54)62(45-23-13-8-14-24-45)52-39(2)36-40(3)53(60-52)64(47-27-17-10-18-28-47)55-42(5)49(30-34-59-55)61(44-21-11-7-12-22-44)48-29-33-56-37-41(48)4/h7-37H,1-6H3. The monoisotopic (exact) mass is 835 g/mol. The summed E-state index contributed by atoms with van der Waals surface area (Å²) in [4.78, 5) is 34.1. The van der Waals surface area contributed by atoms with E-state index in [9.17, 15) is 0 Å². The van der Waals surface area contributed by atoms with E-state index in [1.165, 1.54) is 0 Å². The lowest BCUT2D eigenvalue weighted by molar-refractivity contribution is 1.04. The van der Waals surface area contributed by atoms with E-state index >= 15 is 0 Å². The Labute approximate surface area is 375 Å². The van der Waals surface area contributed by atoms with Crippen LogP contribution in [0.15, 0.2) is 189 Å². The highest BCUT2D eigenvalue weighted by Crippen LogP contribution is 2.47. The molecule has 64 heavy (non-hydrogen) atoms. The van der Waals surface area contributed by atoms with Crippen LogP contribution in [0, 0.1) is 41.5 Å². The fourth-order valence-corrected chi connectivity index (χ4v) is 8.36. The van der Waals surface area contributed by atoms with Crippen molar-refractivity contribution in [2.45, 2.75) is 41.5 Å². The van der Waals surface area contributed by atoms with Crippen molar-refractivity contribution in [1.29, 1.82) is 0 Å². The number of hydrogen-bond acceptors (Lipinski definition) is 9. The molecule has 0 aliphatic heterocycles. The molecule has 0 bridgehead atoms. The van der Waals surface area contributed by atoms with Crippen LogP contribution in [-0.4, -0.2) is 24.9 Å². The van der Waals surface area contributed by atoms with Crippen LogP contribution in [0.2, 0.25) is 0 Å². The van der Waals surface area contributed by atoms with Gasteiger partial charge in [-0.3, -0.25) is 19.7 Å². The third-order valence-electron chi connectivity index (χ3n) is 11.5. The first-order chi connectivity index (χ1) is 31.3. The SMILES string of the molecule is Cc1cnccc1N(c1ccccc1)c1ccnc(N(c2ccccc2)c2nc(N(c3ccccc3)c3ccnc(N(c4ccccc4)c4ncccc4C)c3C)c(C)cc2C)c1C. The first-order valence-electron chi connectivity index (χ1n) is 21.4. The third-order valence-corrected chi connectivity index (χ3v) is 11.5. The highest BCUT2D eigenvalue weighted by molar-refractivity contribution is 5.88. The van der Waals surface area contributed by atoms with Gasteiger partial charge in [0.2, 0.25) is 0 Å². The van der Waals surface area contributed by atoms with Crippen molar-refractivity contribution in [2.75, 3.05) is 19.6 Å². The van der Waals surface area contributed by atoms with E-state index in [-0.39, 0.29) is 0 Å². The Balaban J connectivity index is 1.25. The summed E-state index contributed by atoms with van der Waals surface area (Å²) in [5.74, 6) is 3.88. The summed E-state index contributed by atoms with van der Waals surface area (Å²) >= 11 is 0. The van der Waals surface area contributed by atoms with Gasteiger partial charge in [-0.2, -0.15) is 0 Å². The summed E-state index contributed by atoms with van der Waals surface area (Å²) in [6.07, 6.45) is 9.36. The summed E-state index contributed by atoms with van der Waals surface area (Å²) in [6, 6.07) is 54.0. The molecule has 9 nitrogen and oxygen atoms in total. The van der Waals surface area contributed by atoms with Crippen LogP contribution in [0.3, 0.4) is 0 Å². The van der Waals surface area contributed by atoms with Crippen LogP contribution < -0.4 is 19.6 Å². The van der Waals surface area contributed by atoms with Gasteiger partial charge < -0.3 is 4.90 Å². The van der Waals surface area contributed by atoms with E-state index in [0.717, 1.165) is 102 Å². The van der Waals surface area contributed by atoms with E-state index < -0.39 is 0 Å². The van der Waals surface area contributed by atoms with Gasteiger partial charge in [-0.15, -0.1) is 0 Å². The average molecular weight is 836 g/mol. The Bertz CT molecular complexity index is 2830. The van der Waals surface area contributed by atoms with E-state index in [1.807, 2.05) is 73.4 Å². The van der Waals surface area contributed by atoms with E-state index in [4.69, 9.17) is 19.9 Å². The molecule has 0 saturated heterocycles. The van der Waals surface area contributed by atoms with Gasteiger partial charge in [-0.1, -0.05) is 78.9 Å². The van der Waals surface area contributed by atoms with Crippen molar-refractivity contribution in [2.24, 2.45) is 0 Å². The number of pyridine rings is 5. The normalized spacial score (nSPS) is 11.0. The molecule has 0 fully saturated rings. The van der Waals surface area contributed by atoms with Gasteiger partial charge in [-0.25, -0.2) is 19.9 Å². The molecule has 4 aromatic carbocycles. The third kappa shape index (κ3) is 7.91. The van der Waals surface area contributed by atoms with Gasteiger partial charge in [0, 0.05) is 64.9 Å². The predicted molar refractivity (Wildman–Crippen MR) is 263 cm³/mol. The summed E-state index contributed by atoms with van der Waals surface area (Å²) in [5, 5.41) is 0. The Hall–Kier alpha value is -8.17. The molecule has 5 heterocycles. The molecule has 5 aromatic heterocycles. The maximum absolute atomic E-state index is 5.71. The molecule has 0 unspecified atom stereocenters. The molecule has 0 atom stereocenters. The topological polar surface area (TPSA) is 77.4 Å². The molecule has 0 aliphatic rings. The minimum atomic E-state index is 0.758. The molecular weight excluding hydrogens is 787 g/mol. The number of aromatic nitrogens is 5. The zero-order valence-electron chi connectivity index (χ0n) is 36.9. The Morgan fingerprint density at radius 1 is 0.312 bits per heavy atom. The number of rotatable bonds is 12. The summed E-state index contributed by atoms with van der Waals surface area (Å²) < 4.78 is 0. The minimum absolute atomic E-state index is 0.758. The van der Waals surface area contributed by atoms with Gasteiger partial charge in [0.15, 0.2) is 0 Å². The lowest BCUT2D eigenvalue weighted by Crippen LogP contribution is -2.21. The van der Waals surface area contributed by atoms with Crippen LogP contribution >= 0.6 is 0 Å². The zero-order valence-corrected chi connectivity index (χ0v) is 36.9. The zero-order chi connectivity index (χ0) is 44.2. The number of benzene rings is 4. The van der Waals surface area contributed by atoms with Gasteiger partial charge in [0.1, 0.15) is 29.1 Å². The second-order valence-electron chi connectivity index (χ2n) is 15.8. The Kier molecular flexibility index (Phi) is 11.6. The second kappa shape index (κ2) is 18.0. The smallest absolute Gasteiger partial charge is 0.144 e. The molecule has 314 valence electrons. The minimum Gasteiger partial charge on any atom is -0.310 e. The van der Waals surface area contributed by atoms with Crippen molar-refractivity contribution in [1.82, 2.24) is 24.9 Å². The number of hydrogen-bond donors (Lipinski definition) is 0. The molecule has 9 heteroatoms. The molecule has 0 N–H and O–H groups in total. The van der Waals surface area contributed by atoms with Crippen LogP contribution in [0.1, 0.15) is 33.4 Å². The van der Waals surface area contributed by atoms with E-state index in [2.05, 4.69) is 181 Å². The number of para-hydroxylation sites is 4. The van der Waals surface area contributed by atoms with Crippen LogP contribution in [0.5, 0.6) is 0 Å². The molecule has 0 saturated carbocycles. The number of anilines is 12. The first-order valence-corrected chi connectivity index (χ1v) is 21.4. The lowest BCUT2D eigenvalue weighted by atomic mass is 10.1. The highest BCUT2D eigenvalue weighted by atomic mass is 15.3. The number of nitrogens with zero attached hydrogens (tertiary/aromatic N) is 9. The highest BCUT2D eigenvalue weighted by Gasteiger charge is 2.29. The van der Waals surface area contributed by atoms with Crippen molar-refractivity contribution in [3.63, 3.8) is 0 Å². The van der Waals surface area contributed by atoms with Gasteiger partial charge in [0.05, 0.1) is 17.1 Å². The Morgan fingerprint density at radius 2 is 0.734 bits per heavy atom. The van der Waals surface area contributed by atoms with E-state index in [0.29, 0.717) is 0 Å². The molecule has 0 amide bonds. The van der Waals surface area contributed by atoms with Crippen molar-refractivity contribution in [3.05, 3.63) is 222 Å².